The predicted octanol–water partition coefficient (Wildman–Crippen LogP) is 2.49. The SMILES string of the molecule is N#Cc1cccc(NC(=O)COC(=O)C[C@H](NC(N)=O)c2ccccc2Cl)c1. The molecule has 0 bridgehead atoms. The summed E-state index contributed by atoms with van der Waals surface area (Å²) in [6.45, 7) is -0.526. The van der Waals surface area contributed by atoms with Gasteiger partial charge in [-0.25, -0.2) is 4.79 Å². The molecule has 0 aliphatic rings. The minimum Gasteiger partial charge on any atom is -0.455 e. The lowest BCUT2D eigenvalue weighted by Gasteiger charge is -2.18. The number of amides is 3. The minimum atomic E-state index is -0.826. The Bertz CT molecular complexity index is 926. The number of halogens is 1. The quantitative estimate of drug-likeness (QED) is 0.614. The molecular weight excluding hydrogens is 384 g/mol. The number of nitrogens with one attached hydrogen (secondary N) is 2. The summed E-state index contributed by atoms with van der Waals surface area (Å²) < 4.78 is 4.95. The summed E-state index contributed by atoms with van der Waals surface area (Å²) in [4.78, 5) is 35.2. The van der Waals surface area contributed by atoms with Gasteiger partial charge in [0, 0.05) is 10.7 Å². The highest BCUT2D eigenvalue weighted by Gasteiger charge is 2.21. The lowest BCUT2D eigenvalue weighted by Crippen LogP contribution is -2.35. The monoisotopic (exact) mass is 400 g/mol. The van der Waals surface area contributed by atoms with Crippen LogP contribution in [-0.2, 0) is 14.3 Å². The molecule has 4 N–H and O–H groups in total. The van der Waals surface area contributed by atoms with Crippen LogP contribution in [0.25, 0.3) is 0 Å². The molecule has 1 atom stereocenters. The standard InChI is InChI=1S/C19H17ClN4O4/c20-15-7-2-1-6-14(15)16(24-19(22)27)9-18(26)28-11-17(25)23-13-5-3-4-12(8-13)10-21/h1-8,16H,9,11H2,(H,23,25)(H3,22,24,27)/t16-/m0/s1. The number of nitrogens with zero attached hydrogens (tertiary/aromatic N) is 1. The molecular formula is C19H17ClN4O4. The van der Waals surface area contributed by atoms with Crippen LogP contribution >= 0.6 is 11.6 Å². The Hall–Kier alpha value is -3.57. The van der Waals surface area contributed by atoms with E-state index in [1.165, 1.54) is 6.07 Å². The first-order chi connectivity index (χ1) is 13.4. The molecule has 0 saturated heterocycles. The van der Waals surface area contributed by atoms with Gasteiger partial charge in [0.1, 0.15) is 0 Å². The maximum Gasteiger partial charge on any atom is 0.312 e. The van der Waals surface area contributed by atoms with Gasteiger partial charge in [-0.05, 0) is 29.8 Å². The lowest BCUT2D eigenvalue weighted by atomic mass is 10.0. The van der Waals surface area contributed by atoms with Crippen LogP contribution < -0.4 is 16.4 Å². The number of carbonyl (C=O) groups excluding carboxylic acids is 3. The molecule has 0 aromatic heterocycles. The van der Waals surface area contributed by atoms with Gasteiger partial charge in [-0.3, -0.25) is 9.59 Å². The van der Waals surface area contributed by atoms with E-state index in [1.807, 2.05) is 6.07 Å². The highest BCUT2D eigenvalue weighted by molar-refractivity contribution is 6.31. The summed E-state index contributed by atoms with van der Waals surface area (Å²) in [5.74, 6) is -1.29. The average molecular weight is 401 g/mol. The van der Waals surface area contributed by atoms with E-state index in [-0.39, 0.29) is 6.42 Å². The average Bonchev–Trinajstić information content (AvgIpc) is 2.66. The van der Waals surface area contributed by atoms with Crippen LogP contribution in [-0.4, -0.2) is 24.5 Å². The highest BCUT2D eigenvalue weighted by Crippen LogP contribution is 2.25. The number of hydrogen-bond acceptors (Lipinski definition) is 5. The summed E-state index contributed by atoms with van der Waals surface area (Å²) in [5.41, 5.74) is 6.44. The van der Waals surface area contributed by atoms with Crippen molar-refractivity contribution in [1.29, 1.82) is 5.26 Å². The van der Waals surface area contributed by atoms with Gasteiger partial charge >= 0.3 is 12.0 Å². The van der Waals surface area contributed by atoms with E-state index in [0.29, 0.717) is 21.8 Å². The van der Waals surface area contributed by atoms with Gasteiger partial charge in [-0.1, -0.05) is 35.9 Å². The first kappa shape index (κ1) is 20.7. The molecule has 0 aliphatic carbocycles. The van der Waals surface area contributed by atoms with Gasteiger partial charge < -0.3 is 21.1 Å². The van der Waals surface area contributed by atoms with Gasteiger partial charge in [0.25, 0.3) is 5.91 Å². The Morgan fingerprint density at radius 1 is 1.18 bits per heavy atom. The van der Waals surface area contributed by atoms with Gasteiger partial charge in [-0.2, -0.15) is 5.26 Å². The Labute approximate surface area is 166 Å². The number of urea groups is 1. The summed E-state index contributed by atoms with van der Waals surface area (Å²) in [5, 5.41) is 14.2. The first-order valence-electron chi connectivity index (χ1n) is 8.15. The van der Waals surface area contributed by atoms with Crippen molar-refractivity contribution in [3.63, 3.8) is 0 Å². The van der Waals surface area contributed by atoms with Gasteiger partial charge in [0.05, 0.1) is 24.1 Å². The van der Waals surface area contributed by atoms with Crippen LogP contribution in [0, 0.1) is 11.3 Å². The lowest BCUT2D eigenvalue weighted by molar-refractivity contribution is -0.147. The van der Waals surface area contributed by atoms with Crippen LogP contribution in [0.15, 0.2) is 48.5 Å². The second-order valence-corrected chi connectivity index (χ2v) is 6.10. The summed E-state index contributed by atoms with van der Waals surface area (Å²) in [6, 6.07) is 13.3. The maximum absolute atomic E-state index is 12.1. The molecule has 9 heteroatoms. The van der Waals surface area contributed by atoms with E-state index >= 15 is 0 Å². The van der Waals surface area contributed by atoms with Gasteiger partial charge in [0.2, 0.25) is 0 Å². The predicted molar refractivity (Wildman–Crippen MR) is 102 cm³/mol. The van der Waals surface area contributed by atoms with Crippen molar-refractivity contribution in [2.45, 2.75) is 12.5 Å². The minimum absolute atomic E-state index is 0.260. The van der Waals surface area contributed by atoms with Crippen molar-refractivity contribution in [2.75, 3.05) is 11.9 Å². The Morgan fingerprint density at radius 3 is 2.61 bits per heavy atom. The Balaban J connectivity index is 1.93. The zero-order chi connectivity index (χ0) is 20.5. The fourth-order valence-corrected chi connectivity index (χ4v) is 2.67. The molecule has 28 heavy (non-hydrogen) atoms. The summed E-state index contributed by atoms with van der Waals surface area (Å²) >= 11 is 6.10. The van der Waals surface area contributed by atoms with E-state index in [0.717, 1.165) is 0 Å². The molecule has 0 fully saturated rings. The number of ether oxygens (including phenoxy) is 1. The van der Waals surface area contributed by atoms with Crippen molar-refractivity contribution in [2.24, 2.45) is 5.73 Å². The largest absolute Gasteiger partial charge is 0.455 e. The van der Waals surface area contributed by atoms with Crippen LogP contribution in [0.2, 0.25) is 5.02 Å². The number of esters is 1. The highest BCUT2D eigenvalue weighted by atomic mass is 35.5. The molecule has 3 amide bonds. The van der Waals surface area contributed by atoms with Crippen LogP contribution in [0.3, 0.4) is 0 Å². The van der Waals surface area contributed by atoms with E-state index in [2.05, 4.69) is 10.6 Å². The van der Waals surface area contributed by atoms with Crippen molar-refractivity contribution in [3.8, 4) is 6.07 Å². The number of nitrogens with two attached hydrogens (primary N) is 1. The molecule has 0 heterocycles. The molecule has 2 aromatic rings. The number of nitriles is 1. The van der Waals surface area contributed by atoms with E-state index in [9.17, 15) is 14.4 Å². The number of hydrogen-bond donors (Lipinski definition) is 3. The molecule has 0 radical (unpaired) electrons. The van der Waals surface area contributed by atoms with Gasteiger partial charge in [0.15, 0.2) is 6.61 Å². The van der Waals surface area contributed by atoms with Crippen molar-refractivity contribution >= 4 is 35.2 Å². The first-order valence-corrected chi connectivity index (χ1v) is 8.53. The zero-order valence-corrected chi connectivity index (χ0v) is 15.4. The van der Waals surface area contributed by atoms with Crippen molar-refractivity contribution in [3.05, 3.63) is 64.7 Å². The smallest absolute Gasteiger partial charge is 0.312 e. The molecule has 8 nitrogen and oxygen atoms in total. The normalized spacial score (nSPS) is 11.0. The summed E-state index contributed by atoms with van der Waals surface area (Å²) in [7, 11) is 0. The van der Waals surface area contributed by atoms with Crippen LogP contribution in [0.4, 0.5) is 10.5 Å². The molecule has 0 unspecified atom stereocenters. The third kappa shape index (κ3) is 6.30. The number of benzene rings is 2. The fraction of sp³-hybridized carbons (Fsp3) is 0.158. The molecule has 2 aromatic carbocycles. The number of anilines is 1. The fourth-order valence-electron chi connectivity index (χ4n) is 2.40. The summed E-state index contributed by atoms with van der Waals surface area (Å²) in [6.07, 6.45) is -0.260. The number of rotatable bonds is 7. The molecule has 2 rings (SSSR count). The molecule has 0 saturated carbocycles. The van der Waals surface area contributed by atoms with Crippen molar-refractivity contribution in [1.82, 2.24) is 5.32 Å². The Kier molecular flexibility index (Phi) is 7.37. The van der Waals surface area contributed by atoms with Crippen LogP contribution in [0.1, 0.15) is 23.6 Å². The maximum atomic E-state index is 12.1. The zero-order valence-electron chi connectivity index (χ0n) is 14.6. The third-order valence-electron chi connectivity index (χ3n) is 3.61. The van der Waals surface area contributed by atoms with E-state index in [4.69, 9.17) is 27.3 Å². The number of primary amides is 1. The second-order valence-electron chi connectivity index (χ2n) is 5.69. The van der Waals surface area contributed by atoms with Gasteiger partial charge in [-0.15, -0.1) is 0 Å². The third-order valence-corrected chi connectivity index (χ3v) is 3.95. The van der Waals surface area contributed by atoms with E-state index < -0.39 is 30.6 Å². The topological polar surface area (TPSA) is 134 Å². The number of carbonyl (C=O) groups is 3. The van der Waals surface area contributed by atoms with Crippen molar-refractivity contribution < 1.29 is 19.1 Å². The Morgan fingerprint density at radius 2 is 1.93 bits per heavy atom. The molecule has 0 spiro atoms. The molecule has 144 valence electrons. The van der Waals surface area contributed by atoms with E-state index in [1.54, 1.807) is 42.5 Å². The second kappa shape index (κ2) is 9.94. The van der Waals surface area contributed by atoms with Crippen LogP contribution in [0.5, 0.6) is 0 Å². The molecule has 0 aliphatic heterocycles.